The van der Waals surface area contributed by atoms with E-state index < -0.39 is 35.6 Å². The Morgan fingerprint density at radius 2 is 1.79 bits per heavy atom. The van der Waals surface area contributed by atoms with E-state index in [-0.39, 0.29) is 32.0 Å². The normalized spacial score (nSPS) is 19.8. The maximum atomic E-state index is 14.5. The Balaban J connectivity index is 1.58. The first kappa shape index (κ1) is 25.1. The molecule has 0 aromatic heterocycles. The van der Waals surface area contributed by atoms with Crippen molar-refractivity contribution in [3.63, 3.8) is 0 Å². The number of aliphatic carboxylic acids is 1. The summed E-state index contributed by atoms with van der Waals surface area (Å²) in [4.78, 5) is 26.9. The second kappa shape index (κ2) is 10.1. The Bertz CT molecular complexity index is 850. The summed E-state index contributed by atoms with van der Waals surface area (Å²) in [5.41, 5.74) is -0.478. The minimum absolute atomic E-state index is 0.00543. The second-order valence-corrected chi connectivity index (χ2v) is 8.64. The van der Waals surface area contributed by atoms with Gasteiger partial charge in [-0.05, 0) is 25.8 Å². The standard InChI is InChI=1S/C22H28F4N2O5/c1-15(22(24,25)26)33-20(31)28-11-9-27(10-12-28)13-16-5-4-6-17(23)18(16)32-14-21(19(29)30)7-2-3-8-21/h4-6,15H,2-3,7-14H2,1H3,(H,29,30). The van der Waals surface area contributed by atoms with Crippen LogP contribution in [0.4, 0.5) is 22.4 Å². The quantitative estimate of drug-likeness (QED) is 0.598. The Hall–Kier alpha value is -2.56. The van der Waals surface area contributed by atoms with E-state index in [0.29, 0.717) is 31.5 Å². The summed E-state index contributed by atoms with van der Waals surface area (Å²) in [5.74, 6) is -1.53. The SMILES string of the molecule is CC(OC(=O)N1CCN(Cc2cccc(F)c2OCC2(C(=O)O)CCCC2)CC1)C(F)(F)F. The first-order chi connectivity index (χ1) is 15.5. The van der Waals surface area contributed by atoms with Crippen LogP contribution in [-0.2, 0) is 16.1 Å². The first-order valence-electron chi connectivity index (χ1n) is 10.9. The molecule has 1 saturated heterocycles. The smallest absolute Gasteiger partial charge is 0.425 e. The highest BCUT2D eigenvalue weighted by Crippen LogP contribution is 2.39. The minimum atomic E-state index is -4.62. The van der Waals surface area contributed by atoms with Crippen LogP contribution in [0.15, 0.2) is 18.2 Å². The lowest BCUT2D eigenvalue weighted by Gasteiger charge is -2.35. The molecule has 2 fully saturated rings. The zero-order valence-corrected chi connectivity index (χ0v) is 18.4. The van der Waals surface area contributed by atoms with Crippen molar-refractivity contribution in [2.24, 2.45) is 5.41 Å². The Labute approximate surface area is 189 Å². The van der Waals surface area contributed by atoms with Crippen LogP contribution in [0.25, 0.3) is 0 Å². The van der Waals surface area contributed by atoms with Crippen LogP contribution >= 0.6 is 0 Å². The van der Waals surface area contributed by atoms with Crippen molar-refractivity contribution in [2.45, 2.75) is 51.4 Å². The summed E-state index contributed by atoms with van der Waals surface area (Å²) in [6.45, 7) is 1.98. The number of halogens is 4. The zero-order valence-electron chi connectivity index (χ0n) is 18.4. The lowest BCUT2D eigenvalue weighted by molar-refractivity contribution is -0.200. The number of carbonyl (C=O) groups excluding carboxylic acids is 1. The monoisotopic (exact) mass is 476 g/mol. The molecule has 0 bridgehead atoms. The molecule has 7 nitrogen and oxygen atoms in total. The highest BCUT2D eigenvalue weighted by atomic mass is 19.4. The number of nitrogens with zero attached hydrogens (tertiary/aromatic N) is 2. The molecule has 1 aliphatic carbocycles. The van der Waals surface area contributed by atoms with E-state index in [0.717, 1.165) is 19.8 Å². The summed E-state index contributed by atoms with van der Waals surface area (Å²) < 4.78 is 62.5. The zero-order chi connectivity index (χ0) is 24.2. The lowest BCUT2D eigenvalue weighted by Crippen LogP contribution is -2.49. The molecule has 1 aromatic rings. The maximum Gasteiger partial charge on any atom is 0.425 e. The van der Waals surface area contributed by atoms with Crippen molar-refractivity contribution in [1.82, 2.24) is 9.80 Å². The summed E-state index contributed by atoms with van der Waals surface area (Å²) in [6, 6.07) is 4.47. The van der Waals surface area contributed by atoms with Crippen LogP contribution in [0.3, 0.4) is 0 Å². The summed E-state index contributed by atoms with van der Waals surface area (Å²) >= 11 is 0. The van der Waals surface area contributed by atoms with Gasteiger partial charge in [0, 0.05) is 38.3 Å². The number of piperazine rings is 1. The molecule has 1 atom stereocenters. The van der Waals surface area contributed by atoms with Gasteiger partial charge in [-0.15, -0.1) is 0 Å². The molecule has 1 aromatic carbocycles. The van der Waals surface area contributed by atoms with Gasteiger partial charge in [0.15, 0.2) is 17.7 Å². The Kier molecular flexibility index (Phi) is 7.71. The molecule has 1 unspecified atom stereocenters. The molecule has 1 saturated carbocycles. The van der Waals surface area contributed by atoms with Crippen molar-refractivity contribution in [3.05, 3.63) is 29.6 Å². The number of rotatable bonds is 7. The molecular formula is C22H28F4N2O5. The molecule has 2 aliphatic rings. The van der Waals surface area contributed by atoms with Gasteiger partial charge < -0.3 is 19.5 Å². The van der Waals surface area contributed by atoms with Crippen molar-refractivity contribution < 1.29 is 41.7 Å². The van der Waals surface area contributed by atoms with Crippen molar-refractivity contribution in [2.75, 3.05) is 32.8 Å². The predicted molar refractivity (Wildman–Crippen MR) is 109 cm³/mol. The molecule has 1 heterocycles. The fourth-order valence-electron chi connectivity index (χ4n) is 4.14. The van der Waals surface area contributed by atoms with E-state index in [2.05, 4.69) is 4.74 Å². The lowest BCUT2D eigenvalue weighted by atomic mass is 9.87. The number of carboxylic acids is 1. The van der Waals surface area contributed by atoms with Crippen LogP contribution in [0.2, 0.25) is 0 Å². The Morgan fingerprint density at radius 3 is 2.36 bits per heavy atom. The van der Waals surface area contributed by atoms with Gasteiger partial charge in [-0.3, -0.25) is 9.69 Å². The molecule has 3 rings (SSSR count). The van der Waals surface area contributed by atoms with Crippen LogP contribution in [0.5, 0.6) is 5.75 Å². The van der Waals surface area contributed by atoms with E-state index in [9.17, 15) is 32.3 Å². The van der Waals surface area contributed by atoms with Crippen molar-refractivity contribution in [3.8, 4) is 5.75 Å². The number of ether oxygens (including phenoxy) is 2. The molecule has 0 radical (unpaired) electrons. The Morgan fingerprint density at radius 1 is 1.15 bits per heavy atom. The minimum Gasteiger partial charge on any atom is -0.489 e. The molecule has 184 valence electrons. The number of alkyl halides is 3. The fourth-order valence-corrected chi connectivity index (χ4v) is 4.14. The van der Waals surface area contributed by atoms with Gasteiger partial charge in [-0.1, -0.05) is 25.0 Å². The van der Waals surface area contributed by atoms with Crippen LogP contribution in [0, 0.1) is 11.2 Å². The molecular weight excluding hydrogens is 448 g/mol. The number of carboxylic acid groups (broad SMARTS) is 1. The van der Waals surface area contributed by atoms with Crippen LogP contribution < -0.4 is 4.74 Å². The van der Waals surface area contributed by atoms with Gasteiger partial charge in [0.05, 0.1) is 0 Å². The van der Waals surface area contributed by atoms with Crippen LogP contribution in [-0.4, -0.2) is 72.0 Å². The van der Waals surface area contributed by atoms with Crippen LogP contribution in [0.1, 0.15) is 38.2 Å². The average Bonchev–Trinajstić information content (AvgIpc) is 3.23. The highest BCUT2D eigenvalue weighted by molar-refractivity contribution is 5.75. The van der Waals surface area contributed by atoms with E-state index >= 15 is 0 Å². The first-order valence-corrected chi connectivity index (χ1v) is 10.9. The third-order valence-corrected chi connectivity index (χ3v) is 6.32. The van der Waals surface area contributed by atoms with E-state index in [4.69, 9.17) is 4.74 Å². The van der Waals surface area contributed by atoms with Gasteiger partial charge in [0.1, 0.15) is 12.0 Å². The largest absolute Gasteiger partial charge is 0.489 e. The third-order valence-electron chi connectivity index (χ3n) is 6.32. The topological polar surface area (TPSA) is 79.3 Å². The van der Waals surface area contributed by atoms with Gasteiger partial charge >= 0.3 is 18.2 Å². The summed E-state index contributed by atoms with van der Waals surface area (Å²) in [5, 5.41) is 9.62. The second-order valence-electron chi connectivity index (χ2n) is 8.64. The van der Waals surface area contributed by atoms with E-state index in [1.807, 2.05) is 4.90 Å². The number of carbonyl (C=O) groups is 2. The average molecular weight is 476 g/mol. The number of hydrogen-bond donors (Lipinski definition) is 1. The molecule has 1 aliphatic heterocycles. The van der Waals surface area contributed by atoms with Gasteiger partial charge in [-0.25, -0.2) is 9.18 Å². The molecule has 1 N–H and O–H groups in total. The molecule has 33 heavy (non-hydrogen) atoms. The number of hydrogen-bond acceptors (Lipinski definition) is 5. The highest BCUT2D eigenvalue weighted by Gasteiger charge is 2.43. The number of benzene rings is 1. The summed E-state index contributed by atoms with van der Waals surface area (Å²) in [6.07, 6.45) is -5.30. The number of para-hydroxylation sites is 1. The van der Waals surface area contributed by atoms with Gasteiger partial charge in [0.2, 0.25) is 0 Å². The number of amides is 1. The fraction of sp³-hybridized carbons (Fsp3) is 0.636. The maximum absolute atomic E-state index is 14.5. The van der Waals surface area contributed by atoms with Crippen molar-refractivity contribution in [1.29, 1.82) is 0 Å². The molecule has 0 spiro atoms. The van der Waals surface area contributed by atoms with Gasteiger partial charge in [0.25, 0.3) is 0 Å². The summed E-state index contributed by atoms with van der Waals surface area (Å²) in [7, 11) is 0. The van der Waals surface area contributed by atoms with Gasteiger partial charge in [-0.2, -0.15) is 13.2 Å². The van der Waals surface area contributed by atoms with E-state index in [1.165, 1.54) is 17.0 Å². The predicted octanol–water partition coefficient (Wildman–Crippen LogP) is 4.05. The molecule has 11 heteroatoms. The molecule has 1 amide bonds. The van der Waals surface area contributed by atoms with E-state index in [1.54, 1.807) is 6.07 Å². The van der Waals surface area contributed by atoms with Crippen molar-refractivity contribution >= 4 is 12.1 Å². The third kappa shape index (κ3) is 6.07.